The van der Waals surface area contributed by atoms with Gasteiger partial charge in [-0.1, -0.05) is 18.2 Å². The number of nitrogens with two attached hydrogens (primary N) is 1. The summed E-state index contributed by atoms with van der Waals surface area (Å²) in [6.07, 6.45) is 4.59. The molecule has 8 heteroatoms. The Morgan fingerprint density at radius 1 is 1.25 bits per heavy atom. The van der Waals surface area contributed by atoms with Gasteiger partial charge in [0.1, 0.15) is 5.52 Å². The van der Waals surface area contributed by atoms with Crippen molar-refractivity contribution < 1.29 is 39.5 Å². The van der Waals surface area contributed by atoms with Crippen LogP contribution in [0.1, 0.15) is 10.4 Å². The molecule has 0 aliphatic heterocycles. The second-order valence-corrected chi connectivity index (χ2v) is 3.87. The first-order valence-corrected chi connectivity index (χ1v) is 5.43. The molecule has 0 bridgehead atoms. The molecule has 0 saturated heterocycles. The van der Waals surface area contributed by atoms with E-state index in [0.717, 1.165) is 0 Å². The number of fused-ring (bicyclic) bond motifs is 1. The van der Waals surface area contributed by atoms with Crippen LogP contribution in [-0.4, -0.2) is 25.7 Å². The van der Waals surface area contributed by atoms with E-state index in [4.69, 9.17) is 5.73 Å². The number of aromatic carboxylic acids is 1. The predicted octanol–water partition coefficient (Wildman–Crippen LogP) is -3.23. The zero-order chi connectivity index (χ0) is 13.4. The van der Waals surface area contributed by atoms with Crippen molar-refractivity contribution in [3.05, 3.63) is 42.4 Å². The second kappa shape index (κ2) is 5.58. The molecular weight excluding hydrogens is 269 g/mol. The van der Waals surface area contributed by atoms with Gasteiger partial charge in [-0.3, -0.25) is 0 Å². The summed E-state index contributed by atoms with van der Waals surface area (Å²) in [4.78, 5) is 19.0. The average molecular weight is 277 g/mol. The number of carboxylic acid groups (broad SMARTS) is 1. The average Bonchev–Trinajstić information content (AvgIpc) is 2.82. The molecule has 0 atom stereocenters. The first-order chi connectivity index (χ1) is 9.16. The zero-order valence-electron chi connectivity index (χ0n) is 10.6. The maximum Gasteiger partial charge on any atom is 1.00 e. The number of benzene rings is 1. The number of hydrogen-bond acceptors (Lipinski definition) is 6. The van der Waals surface area contributed by atoms with Crippen molar-refractivity contribution in [2.75, 3.05) is 5.73 Å². The van der Waals surface area contributed by atoms with E-state index in [2.05, 4.69) is 15.1 Å². The fraction of sp³-hybridized carbons (Fsp3) is 0. The van der Waals surface area contributed by atoms with Crippen LogP contribution >= 0.6 is 0 Å². The van der Waals surface area contributed by atoms with Crippen molar-refractivity contribution in [1.82, 2.24) is 19.7 Å². The molecule has 1 aromatic carbocycles. The van der Waals surface area contributed by atoms with E-state index < -0.39 is 5.97 Å². The Morgan fingerprint density at radius 3 is 2.70 bits per heavy atom. The summed E-state index contributed by atoms with van der Waals surface area (Å²) in [5, 5.41) is 15.9. The summed E-state index contributed by atoms with van der Waals surface area (Å²) >= 11 is 0. The van der Waals surface area contributed by atoms with E-state index in [9.17, 15) is 9.90 Å². The van der Waals surface area contributed by atoms with Gasteiger partial charge in [-0.15, -0.1) is 0 Å². The minimum atomic E-state index is -1.28. The Kier molecular flexibility index (Phi) is 4.03. The van der Waals surface area contributed by atoms with Gasteiger partial charge in [0, 0.05) is 29.5 Å². The topological polar surface area (TPSA) is 110 Å². The van der Waals surface area contributed by atoms with Gasteiger partial charge in [-0.05, 0) is 0 Å². The van der Waals surface area contributed by atoms with Crippen LogP contribution in [0.3, 0.4) is 0 Å². The molecule has 0 amide bonds. The van der Waals surface area contributed by atoms with Gasteiger partial charge >= 0.3 is 29.6 Å². The Labute approximate surface area is 135 Å². The third kappa shape index (κ3) is 2.38. The normalized spacial score (nSPS) is 10.2. The molecule has 20 heavy (non-hydrogen) atoms. The van der Waals surface area contributed by atoms with E-state index in [0.29, 0.717) is 16.7 Å². The number of anilines is 1. The zero-order valence-corrected chi connectivity index (χ0v) is 12.6. The molecule has 3 aromatic rings. The molecule has 0 unspecified atom stereocenters. The Balaban J connectivity index is 0.00000147. The number of nitrogens with zero attached hydrogens (tertiary/aromatic N) is 4. The summed E-state index contributed by atoms with van der Waals surface area (Å²) in [6.45, 7) is 0. The van der Waals surface area contributed by atoms with Crippen molar-refractivity contribution in [2.45, 2.75) is 0 Å². The third-order valence-electron chi connectivity index (χ3n) is 2.68. The van der Waals surface area contributed by atoms with Crippen molar-refractivity contribution in [3.8, 4) is 5.82 Å². The van der Waals surface area contributed by atoms with Crippen LogP contribution in [0.2, 0.25) is 0 Å². The fourth-order valence-corrected chi connectivity index (χ4v) is 1.84. The van der Waals surface area contributed by atoms with Crippen LogP contribution in [-0.2, 0) is 0 Å². The molecule has 2 aromatic heterocycles. The summed E-state index contributed by atoms with van der Waals surface area (Å²) < 4.78 is 1.40. The number of rotatable bonds is 2. The Morgan fingerprint density at radius 2 is 2.00 bits per heavy atom. The maximum atomic E-state index is 11.0. The molecule has 3 rings (SSSR count). The third-order valence-corrected chi connectivity index (χ3v) is 2.68. The summed E-state index contributed by atoms with van der Waals surface area (Å²) in [5.41, 5.74) is 6.06. The van der Waals surface area contributed by atoms with Crippen molar-refractivity contribution in [1.29, 1.82) is 0 Å². The van der Waals surface area contributed by atoms with E-state index in [1.54, 1.807) is 18.3 Å². The van der Waals surface area contributed by atoms with Crippen LogP contribution in [0.5, 0.6) is 0 Å². The predicted molar refractivity (Wildman–Crippen MR) is 65.4 cm³/mol. The first kappa shape index (κ1) is 14.4. The first-order valence-electron chi connectivity index (χ1n) is 5.43. The van der Waals surface area contributed by atoms with Gasteiger partial charge in [0.2, 0.25) is 0 Å². The molecule has 94 valence electrons. The maximum absolute atomic E-state index is 11.0. The molecule has 0 aliphatic rings. The van der Waals surface area contributed by atoms with Crippen LogP contribution in [0.15, 0.2) is 36.8 Å². The molecule has 0 saturated carbocycles. The van der Waals surface area contributed by atoms with E-state index in [1.165, 1.54) is 23.1 Å². The molecule has 0 fully saturated rings. The van der Waals surface area contributed by atoms with Crippen LogP contribution in [0, 0.1) is 0 Å². The van der Waals surface area contributed by atoms with Crippen LogP contribution in [0.25, 0.3) is 16.7 Å². The number of carbonyl (C=O) groups is 1. The summed E-state index contributed by atoms with van der Waals surface area (Å²) in [7, 11) is 0. The van der Waals surface area contributed by atoms with Crippen molar-refractivity contribution >= 4 is 22.7 Å². The Hall–Kier alpha value is -1.96. The van der Waals surface area contributed by atoms with Crippen LogP contribution in [0.4, 0.5) is 5.82 Å². The quantitative estimate of drug-likeness (QED) is 0.493. The van der Waals surface area contributed by atoms with Gasteiger partial charge in [0.05, 0.1) is 5.97 Å². The number of carboxylic acids is 1. The minimum Gasteiger partial charge on any atom is -0.545 e. The molecule has 7 nitrogen and oxygen atoms in total. The monoisotopic (exact) mass is 277 g/mol. The van der Waals surface area contributed by atoms with E-state index in [-0.39, 0.29) is 40.9 Å². The number of aromatic nitrogens is 4. The van der Waals surface area contributed by atoms with Gasteiger partial charge in [0.15, 0.2) is 11.6 Å². The largest absolute Gasteiger partial charge is 1.00 e. The van der Waals surface area contributed by atoms with Crippen molar-refractivity contribution in [2.24, 2.45) is 0 Å². The number of nitrogen functional groups attached to an aromatic ring is 1. The molecule has 0 spiro atoms. The standard InChI is InChI=1S/C12H9N5O2.Na/c13-10-11(15-5-4-14-10)17-6-7-2-1-3-8(12(18)19)9(7)16-17;/h1-6H,(H2,13,14)(H,18,19);/q;+1/p-1. The number of hydrogen-bond donors (Lipinski definition) is 1. The summed E-state index contributed by atoms with van der Waals surface area (Å²) in [5.74, 6) is -0.712. The summed E-state index contributed by atoms with van der Waals surface area (Å²) in [6, 6.07) is 4.81. The Bertz CT molecular complexity index is 786. The molecule has 2 heterocycles. The molecule has 2 N–H and O–H groups in total. The SMILES string of the molecule is Nc1nccnc1-n1cc2cccc(C(=O)[O-])c2n1.[Na+]. The van der Waals surface area contributed by atoms with E-state index in [1.807, 2.05) is 0 Å². The fourth-order valence-electron chi connectivity index (χ4n) is 1.84. The minimum absolute atomic E-state index is 0. The molecule has 0 aliphatic carbocycles. The molecular formula is C12H8N5NaO2. The smallest absolute Gasteiger partial charge is 0.545 e. The van der Waals surface area contributed by atoms with Crippen LogP contribution < -0.4 is 40.4 Å². The molecule has 0 radical (unpaired) electrons. The van der Waals surface area contributed by atoms with Gasteiger partial charge in [-0.2, -0.15) is 5.10 Å². The van der Waals surface area contributed by atoms with Gasteiger partial charge < -0.3 is 15.6 Å². The second-order valence-electron chi connectivity index (χ2n) is 3.87. The van der Waals surface area contributed by atoms with Gasteiger partial charge in [-0.25, -0.2) is 14.6 Å². The van der Waals surface area contributed by atoms with Gasteiger partial charge in [0.25, 0.3) is 0 Å². The number of carbonyl (C=O) groups excluding carboxylic acids is 1. The van der Waals surface area contributed by atoms with E-state index >= 15 is 0 Å². The van der Waals surface area contributed by atoms with Crippen molar-refractivity contribution in [3.63, 3.8) is 0 Å².